The van der Waals surface area contributed by atoms with Crippen molar-refractivity contribution >= 4 is 0 Å². The van der Waals surface area contributed by atoms with Gasteiger partial charge in [0.25, 0.3) is 0 Å². The molecule has 3 nitrogen and oxygen atoms in total. The summed E-state index contributed by atoms with van der Waals surface area (Å²) in [6.45, 7) is 7.09. The van der Waals surface area contributed by atoms with Crippen LogP contribution in [0.3, 0.4) is 0 Å². The molecule has 0 spiro atoms. The molecule has 0 aromatic heterocycles. The van der Waals surface area contributed by atoms with Crippen LogP contribution in [0.4, 0.5) is 0 Å². The van der Waals surface area contributed by atoms with Gasteiger partial charge in [0.05, 0.1) is 6.61 Å². The van der Waals surface area contributed by atoms with Crippen molar-refractivity contribution in [3.63, 3.8) is 0 Å². The minimum Gasteiger partial charge on any atom is -0.494 e. The van der Waals surface area contributed by atoms with Crippen LogP contribution in [0.2, 0.25) is 0 Å². The van der Waals surface area contributed by atoms with Gasteiger partial charge < -0.3 is 15.0 Å². The van der Waals surface area contributed by atoms with Gasteiger partial charge in [0.1, 0.15) is 5.75 Å². The van der Waals surface area contributed by atoms with Crippen LogP contribution in [-0.4, -0.2) is 38.7 Å². The fourth-order valence-electron chi connectivity index (χ4n) is 2.06. The average molecular weight is 264 g/mol. The van der Waals surface area contributed by atoms with Crippen molar-refractivity contribution < 1.29 is 4.74 Å². The highest BCUT2D eigenvalue weighted by Crippen LogP contribution is 2.20. The Kier molecular flexibility index (Phi) is 7.53. The van der Waals surface area contributed by atoms with Gasteiger partial charge in [-0.05, 0) is 64.6 Å². The number of hydrogen-bond acceptors (Lipinski definition) is 3. The first kappa shape index (κ1) is 16.0. The molecule has 1 N–H and O–H groups in total. The highest BCUT2D eigenvalue weighted by atomic mass is 16.5. The van der Waals surface area contributed by atoms with Gasteiger partial charge in [-0.25, -0.2) is 0 Å². The summed E-state index contributed by atoms with van der Waals surface area (Å²) in [7, 11) is 4.24. The molecule has 1 unspecified atom stereocenters. The lowest BCUT2D eigenvalue weighted by Crippen LogP contribution is -2.26. The number of hydrogen-bond donors (Lipinski definition) is 1. The molecule has 0 fully saturated rings. The normalized spacial score (nSPS) is 12.7. The van der Waals surface area contributed by atoms with Crippen LogP contribution >= 0.6 is 0 Å². The molecule has 1 aromatic rings. The third kappa shape index (κ3) is 6.08. The zero-order valence-electron chi connectivity index (χ0n) is 12.8. The largest absolute Gasteiger partial charge is 0.494 e. The Labute approximate surface area is 118 Å². The van der Waals surface area contributed by atoms with E-state index in [1.807, 2.05) is 6.92 Å². The maximum atomic E-state index is 5.49. The summed E-state index contributed by atoms with van der Waals surface area (Å²) < 4.78 is 5.49. The van der Waals surface area contributed by atoms with Crippen LogP contribution in [-0.2, 0) is 0 Å². The van der Waals surface area contributed by atoms with Crippen molar-refractivity contribution in [2.45, 2.75) is 32.7 Å². The fraction of sp³-hybridized carbons (Fsp3) is 0.625. The summed E-state index contributed by atoms with van der Waals surface area (Å²) in [5.74, 6) is 0.952. The molecular formula is C16H28N2O. The summed E-state index contributed by atoms with van der Waals surface area (Å²) in [6.07, 6.45) is 2.29. The molecular weight excluding hydrogens is 236 g/mol. The topological polar surface area (TPSA) is 24.5 Å². The molecule has 19 heavy (non-hydrogen) atoms. The third-order valence-corrected chi connectivity index (χ3v) is 3.10. The van der Waals surface area contributed by atoms with Crippen molar-refractivity contribution in [3.8, 4) is 5.75 Å². The van der Waals surface area contributed by atoms with Crippen molar-refractivity contribution in [1.82, 2.24) is 10.2 Å². The molecule has 0 saturated carbocycles. The van der Waals surface area contributed by atoms with Crippen molar-refractivity contribution in [2.75, 3.05) is 33.8 Å². The smallest absolute Gasteiger partial charge is 0.119 e. The quantitative estimate of drug-likeness (QED) is 0.742. The zero-order chi connectivity index (χ0) is 14.1. The average Bonchev–Trinajstić information content (AvgIpc) is 2.40. The van der Waals surface area contributed by atoms with Gasteiger partial charge in [0.15, 0.2) is 0 Å². The first-order valence-corrected chi connectivity index (χ1v) is 7.28. The molecule has 1 rings (SSSR count). The molecule has 0 heterocycles. The minimum absolute atomic E-state index is 0.429. The summed E-state index contributed by atoms with van der Waals surface area (Å²) in [4.78, 5) is 2.23. The van der Waals surface area contributed by atoms with Crippen LogP contribution in [0.15, 0.2) is 24.3 Å². The van der Waals surface area contributed by atoms with Gasteiger partial charge in [-0.3, -0.25) is 0 Å². The Balaban J connectivity index is 2.66. The van der Waals surface area contributed by atoms with Crippen molar-refractivity contribution in [3.05, 3.63) is 29.8 Å². The SMILES string of the molecule is CCCNC(CCN(C)C)c1ccc(OCC)cc1. The van der Waals surface area contributed by atoms with Crippen LogP contribution in [0.25, 0.3) is 0 Å². The van der Waals surface area contributed by atoms with Gasteiger partial charge in [-0.15, -0.1) is 0 Å². The number of nitrogens with one attached hydrogen (secondary N) is 1. The van der Waals surface area contributed by atoms with E-state index in [4.69, 9.17) is 4.74 Å². The van der Waals surface area contributed by atoms with E-state index in [1.165, 1.54) is 5.56 Å². The lowest BCUT2D eigenvalue weighted by Gasteiger charge is -2.21. The third-order valence-electron chi connectivity index (χ3n) is 3.10. The Bertz CT molecular complexity index is 335. The van der Waals surface area contributed by atoms with Crippen LogP contribution in [0, 0.1) is 0 Å². The van der Waals surface area contributed by atoms with E-state index in [9.17, 15) is 0 Å². The van der Waals surface area contributed by atoms with Crippen LogP contribution in [0.1, 0.15) is 38.3 Å². The van der Waals surface area contributed by atoms with Gasteiger partial charge in [0.2, 0.25) is 0 Å². The molecule has 0 bridgehead atoms. The Morgan fingerprint density at radius 3 is 2.37 bits per heavy atom. The zero-order valence-corrected chi connectivity index (χ0v) is 12.8. The van der Waals surface area contributed by atoms with Gasteiger partial charge in [-0.1, -0.05) is 19.1 Å². The number of ether oxygens (including phenoxy) is 1. The molecule has 108 valence electrons. The molecule has 1 aromatic carbocycles. The second-order valence-corrected chi connectivity index (χ2v) is 5.10. The van der Waals surface area contributed by atoms with Crippen LogP contribution in [0.5, 0.6) is 5.75 Å². The maximum Gasteiger partial charge on any atom is 0.119 e. The minimum atomic E-state index is 0.429. The summed E-state index contributed by atoms with van der Waals surface area (Å²) >= 11 is 0. The van der Waals surface area contributed by atoms with E-state index >= 15 is 0 Å². The van der Waals surface area contributed by atoms with E-state index in [-0.39, 0.29) is 0 Å². The van der Waals surface area contributed by atoms with E-state index in [0.717, 1.165) is 38.3 Å². The van der Waals surface area contributed by atoms with Crippen molar-refractivity contribution in [1.29, 1.82) is 0 Å². The van der Waals surface area contributed by atoms with Crippen LogP contribution < -0.4 is 10.1 Å². The second kappa shape index (κ2) is 8.94. The second-order valence-electron chi connectivity index (χ2n) is 5.10. The molecule has 0 amide bonds. The fourth-order valence-corrected chi connectivity index (χ4v) is 2.06. The Morgan fingerprint density at radius 1 is 1.16 bits per heavy atom. The first-order chi connectivity index (χ1) is 9.17. The Hall–Kier alpha value is -1.06. The summed E-state index contributed by atoms with van der Waals surface area (Å²) in [6, 6.07) is 8.91. The predicted octanol–water partition coefficient (Wildman–Crippen LogP) is 3.08. The molecule has 0 saturated heterocycles. The standard InChI is InChI=1S/C16H28N2O/c1-5-12-17-16(11-13-18(3)4)14-7-9-15(10-8-14)19-6-2/h7-10,16-17H,5-6,11-13H2,1-4H3. The molecule has 0 radical (unpaired) electrons. The monoisotopic (exact) mass is 264 g/mol. The first-order valence-electron chi connectivity index (χ1n) is 7.28. The molecule has 0 aliphatic carbocycles. The van der Waals surface area contributed by atoms with Gasteiger partial charge in [-0.2, -0.15) is 0 Å². The molecule has 3 heteroatoms. The van der Waals surface area contributed by atoms with E-state index in [2.05, 4.69) is 55.5 Å². The van der Waals surface area contributed by atoms with Crippen molar-refractivity contribution in [2.24, 2.45) is 0 Å². The Morgan fingerprint density at radius 2 is 1.84 bits per heavy atom. The van der Waals surface area contributed by atoms with E-state index in [0.29, 0.717) is 6.04 Å². The predicted molar refractivity (Wildman–Crippen MR) is 81.8 cm³/mol. The van der Waals surface area contributed by atoms with Gasteiger partial charge >= 0.3 is 0 Å². The number of benzene rings is 1. The van der Waals surface area contributed by atoms with Gasteiger partial charge in [0, 0.05) is 6.04 Å². The summed E-state index contributed by atoms with van der Waals surface area (Å²) in [5.41, 5.74) is 1.35. The molecule has 1 atom stereocenters. The lowest BCUT2D eigenvalue weighted by molar-refractivity contribution is 0.339. The number of nitrogens with zero attached hydrogens (tertiary/aromatic N) is 1. The highest BCUT2D eigenvalue weighted by molar-refractivity contribution is 5.29. The lowest BCUT2D eigenvalue weighted by atomic mass is 10.0. The van der Waals surface area contributed by atoms with E-state index < -0.39 is 0 Å². The highest BCUT2D eigenvalue weighted by Gasteiger charge is 2.10. The maximum absolute atomic E-state index is 5.49. The molecule has 0 aliphatic rings. The molecule has 0 aliphatic heterocycles. The number of rotatable bonds is 9. The van der Waals surface area contributed by atoms with E-state index in [1.54, 1.807) is 0 Å². The summed E-state index contributed by atoms with van der Waals surface area (Å²) in [5, 5.41) is 3.63.